The van der Waals surface area contributed by atoms with Gasteiger partial charge in [0.15, 0.2) is 6.61 Å². The first-order valence-corrected chi connectivity index (χ1v) is 18.5. The Balaban J connectivity index is 0.000000550. The Morgan fingerprint density at radius 3 is 1.82 bits per heavy atom. The highest BCUT2D eigenvalue weighted by Gasteiger charge is 2.51. The number of allylic oxidation sites excluding steroid dienone is 1. The van der Waals surface area contributed by atoms with Gasteiger partial charge in [0.1, 0.15) is 11.9 Å². The van der Waals surface area contributed by atoms with E-state index in [1.165, 1.54) is 12.1 Å². The second kappa shape index (κ2) is 22.3. The second-order valence-electron chi connectivity index (χ2n) is 13.0. The Hall–Kier alpha value is -4.52. The summed E-state index contributed by atoms with van der Waals surface area (Å²) in [4.78, 5) is 0. The molecule has 1 saturated heterocycles. The van der Waals surface area contributed by atoms with Gasteiger partial charge in [0, 0.05) is 11.4 Å². The first-order chi connectivity index (χ1) is 27.0. The SMILES string of the molecule is C=CC.OC[C@@]1(O)OC(c2ccc(Cl)c(Cc3ccc(OCC(F)(F)F)cc3)c2)CC(OCc2ccccc2)[C@@H]1OCc1ccccc1.OCc1ccccc1. The van der Waals surface area contributed by atoms with Crippen molar-refractivity contribution in [2.75, 3.05) is 13.2 Å². The van der Waals surface area contributed by atoms with Gasteiger partial charge >= 0.3 is 6.18 Å². The molecule has 3 N–H and O–H groups in total. The molecule has 2 unspecified atom stereocenters. The molecule has 0 amide bonds. The summed E-state index contributed by atoms with van der Waals surface area (Å²) in [5, 5.41) is 31.0. The zero-order valence-corrected chi connectivity index (χ0v) is 31.9. The van der Waals surface area contributed by atoms with Crippen molar-refractivity contribution in [2.45, 2.75) is 69.9 Å². The van der Waals surface area contributed by atoms with Gasteiger partial charge in [-0.2, -0.15) is 13.2 Å². The molecule has 0 aliphatic carbocycles. The standard InChI is InChI=1S/C35H34ClF3O6.C7H8O.C3H6/c36-30-16-13-27(18-28(30)17-24-11-14-29(15-12-24)44-23-35(37,38)39)31-19-32(42-20-25-7-3-1-4-8-25)33(34(41,22-40)45-31)43-21-26-9-5-2-6-10-26;8-6-7-4-2-1-3-5-7;1-3-2/h1-16,18,31-33,40-41H,17,19-23H2;1-5,8H,6H2;3H,1H2,2H3/t31?,32?,33-,34+;;/m0../s1. The van der Waals surface area contributed by atoms with Gasteiger partial charge in [-0.05, 0) is 64.9 Å². The highest BCUT2D eigenvalue weighted by molar-refractivity contribution is 6.31. The molecule has 6 rings (SSSR count). The molecule has 1 heterocycles. The molecule has 11 heteroatoms. The predicted molar refractivity (Wildman–Crippen MR) is 211 cm³/mol. The third-order valence-electron chi connectivity index (χ3n) is 8.57. The summed E-state index contributed by atoms with van der Waals surface area (Å²) in [5.41, 5.74) is 5.07. The van der Waals surface area contributed by atoms with Crippen molar-refractivity contribution in [1.29, 1.82) is 0 Å². The Kier molecular flexibility index (Phi) is 17.6. The molecule has 0 spiro atoms. The maximum atomic E-state index is 12.5. The monoisotopic (exact) mass is 792 g/mol. The van der Waals surface area contributed by atoms with Crippen molar-refractivity contribution in [1.82, 2.24) is 0 Å². The Morgan fingerprint density at radius 2 is 1.32 bits per heavy atom. The average Bonchev–Trinajstić information content (AvgIpc) is 3.21. The van der Waals surface area contributed by atoms with E-state index in [2.05, 4.69) is 6.58 Å². The van der Waals surface area contributed by atoms with Crippen LogP contribution in [0.25, 0.3) is 0 Å². The molecule has 1 fully saturated rings. The van der Waals surface area contributed by atoms with E-state index < -0.39 is 43.5 Å². The number of hydrogen-bond donors (Lipinski definition) is 3. The molecular formula is C45H48ClF3O7. The lowest BCUT2D eigenvalue weighted by atomic mass is 9.90. The summed E-state index contributed by atoms with van der Waals surface area (Å²) in [6.07, 6.45) is -4.27. The molecule has 298 valence electrons. The van der Waals surface area contributed by atoms with Crippen LogP contribution in [0.2, 0.25) is 5.02 Å². The van der Waals surface area contributed by atoms with Crippen molar-refractivity contribution in [2.24, 2.45) is 0 Å². The van der Waals surface area contributed by atoms with E-state index >= 15 is 0 Å². The van der Waals surface area contributed by atoms with E-state index in [1.54, 1.807) is 30.3 Å². The van der Waals surface area contributed by atoms with Crippen LogP contribution in [0.4, 0.5) is 13.2 Å². The number of aliphatic hydroxyl groups excluding tert-OH is 2. The molecule has 7 nitrogen and oxygen atoms in total. The number of aliphatic hydroxyl groups is 3. The molecule has 1 aliphatic rings. The number of alkyl halides is 3. The van der Waals surface area contributed by atoms with Crippen molar-refractivity contribution in [3.63, 3.8) is 0 Å². The minimum atomic E-state index is -4.42. The Bertz CT molecular complexity index is 1860. The summed E-state index contributed by atoms with van der Waals surface area (Å²) in [7, 11) is 0. The summed E-state index contributed by atoms with van der Waals surface area (Å²) >= 11 is 6.54. The summed E-state index contributed by atoms with van der Waals surface area (Å²) in [5.74, 6) is -1.95. The molecule has 0 saturated carbocycles. The second-order valence-corrected chi connectivity index (χ2v) is 13.4. The normalized spacial score (nSPS) is 19.1. The first-order valence-electron chi connectivity index (χ1n) is 18.1. The predicted octanol–water partition coefficient (Wildman–Crippen LogP) is 9.56. The third-order valence-corrected chi connectivity index (χ3v) is 8.94. The average molecular weight is 793 g/mol. The fourth-order valence-corrected chi connectivity index (χ4v) is 6.04. The molecule has 5 aromatic rings. The molecule has 0 bridgehead atoms. The van der Waals surface area contributed by atoms with Gasteiger partial charge in [0.25, 0.3) is 0 Å². The van der Waals surface area contributed by atoms with E-state index in [0.717, 1.165) is 27.8 Å². The molecule has 0 aromatic heterocycles. The van der Waals surface area contributed by atoms with Gasteiger partial charge in [-0.3, -0.25) is 0 Å². The van der Waals surface area contributed by atoms with Gasteiger partial charge in [0.2, 0.25) is 5.79 Å². The number of benzene rings is 5. The van der Waals surface area contributed by atoms with Crippen LogP contribution < -0.4 is 4.74 Å². The lowest BCUT2D eigenvalue weighted by molar-refractivity contribution is -0.350. The van der Waals surface area contributed by atoms with Crippen LogP contribution in [0.15, 0.2) is 146 Å². The molecule has 5 aromatic carbocycles. The Morgan fingerprint density at radius 1 is 0.786 bits per heavy atom. The largest absolute Gasteiger partial charge is 0.484 e. The van der Waals surface area contributed by atoms with Crippen LogP contribution in [0.3, 0.4) is 0 Å². The van der Waals surface area contributed by atoms with Crippen molar-refractivity contribution in [3.8, 4) is 5.75 Å². The molecule has 56 heavy (non-hydrogen) atoms. The quantitative estimate of drug-likeness (QED) is 0.102. The van der Waals surface area contributed by atoms with Gasteiger partial charge < -0.3 is 34.3 Å². The van der Waals surface area contributed by atoms with Crippen LogP contribution in [-0.2, 0) is 40.5 Å². The van der Waals surface area contributed by atoms with Gasteiger partial charge in [-0.1, -0.05) is 133 Å². The van der Waals surface area contributed by atoms with E-state index in [9.17, 15) is 23.4 Å². The fourth-order valence-electron chi connectivity index (χ4n) is 5.85. The minimum absolute atomic E-state index is 0.111. The summed E-state index contributed by atoms with van der Waals surface area (Å²) < 4.78 is 61.0. The third kappa shape index (κ3) is 14.2. The zero-order valence-electron chi connectivity index (χ0n) is 31.2. The van der Waals surface area contributed by atoms with Crippen LogP contribution >= 0.6 is 11.6 Å². The highest BCUT2D eigenvalue weighted by atomic mass is 35.5. The lowest BCUT2D eigenvalue weighted by Gasteiger charge is -2.46. The lowest BCUT2D eigenvalue weighted by Crippen LogP contribution is -2.59. The number of rotatable bonds is 13. The Labute approximate surface area is 331 Å². The maximum Gasteiger partial charge on any atom is 0.422 e. The maximum absolute atomic E-state index is 12.5. The van der Waals surface area contributed by atoms with E-state index in [4.69, 9.17) is 35.7 Å². The number of halogens is 4. The summed E-state index contributed by atoms with van der Waals surface area (Å²) in [6.45, 7) is 3.74. The van der Waals surface area contributed by atoms with E-state index in [1.807, 2.05) is 104 Å². The van der Waals surface area contributed by atoms with E-state index in [0.29, 0.717) is 23.4 Å². The van der Waals surface area contributed by atoms with Crippen molar-refractivity contribution >= 4 is 11.6 Å². The van der Waals surface area contributed by atoms with Crippen LogP contribution in [0, 0.1) is 0 Å². The fraction of sp³-hybridized carbons (Fsp3) is 0.289. The van der Waals surface area contributed by atoms with E-state index in [-0.39, 0.29) is 25.6 Å². The zero-order chi connectivity index (χ0) is 40.4. The number of ether oxygens (including phenoxy) is 4. The van der Waals surface area contributed by atoms with Gasteiger partial charge in [0.05, 0.1) is 38.6 Å². The smallest absolute Gasteiger partial charge is 0.422 e. The van der Waals surface area contributed by atoms with Crippen LogP contribution in [0.5, 0.6) is 5.75 Å². The molecule has 0 radical (unpaired) electrons. The van der Waals surface area contributed by atoms with Gasteiger partial charge in [-0.15, -0.1) is 6.58 Å². The molecule has 1 aliphatic heterocycles. The van der Waals surface area contributed by atoms with Gasteiger partial charge in [-0.25, -0.2) is 0 Å². The van der Waals surface area contributed by atoms with Crippen LogP contribution in [-0.4, -0.2) is 52.7 Å². The minimum Gasteiger partial charge on any atom is -0.484 e. The highest BCUT2D eigenvalue weighted by Crippen LogP contribution is 2.41. The summed E-state index contributed by atoms with van der Waals surface area (Å²) in [6, 6.07) is 40.3. The topological polar surface area (TPSA) is 97.6 Å². The van der Waals surface area contributed by atoms with Crippen molar-refractivity contribution in [3.05, 3.63) is 185 Å². The molecule has 4 atom stereocenters. The van der Waals surface area contributed by atoms with Crippen molar-refractivity contribution < 1.29 is 47.4 Å². The molecular weight excluding hydrogens is 745 g/mol. The number of hydrogen-bond acceptors (Lipinski definition) is 7. The van der Waals surface area contributed by atoms with Crippen LogP contribution in [0.1, 0.15) is 52.8 Å². The first kappa shape index (κ1) is 44.2.